The van der Waals surface area contributed by atoms with E-state index in [4.69, 9.17) is 14.6 Å². The fourth-order valence-electron chi connectivity index (χ4n) is 3.74. The fourth-order valence-corrected chi connectivity index (χ4v) is 3.74. The second-order valence-corrected chi connectivity index (χ2v) is 7.09. The van der Waals surface area contributed by atoms with Gasteiger partial charge in [0.25, 0.3) is 0 Å². The molecule has 146 valence electrons. The first-order valence-electron chi connectivity index (χ1n) is 9.92. The maximum absolute atomic E-state index is 5.47. The van der Waals surface area contributed by atoms with Crippen LogP contribution >= 0.6 is 0 Å². The monoisotopic (exact) mass is 377 g/mol. The molecule has 2 aromatic carbocycles. The van der Waals surface area contributed by atoms with Crippen LogP contribution in [0.5, 0.6) is 11.5 Å². The van der Waals surface area contributed by atoms with Crippen LogP contribution in [0.4, 0.5) is 5.82 Å². The number of ether oxygens (including phenoxy) is 2. The smallest absolute Gasteiger partial charge is 0.133 e. The molecule has 0 radical (unpaired) electrons. The molecule has 1 aliphatic heterocycles. The molecule has 28 heavy (non-hydrogen) atoms. The van der Waals surface area contributed by atoms with Crippen molar-refractivity contribution in [2.45, 2.75) is 32.6 Å². The summed E-state index contributed by atoms with van der Waals surface area (Å²) >= 11 is 0. The highest BCUT2D eigenvalue weighted by Crippen LogP contribution is 2.37. The highest BCUT2D eigenvalue weighted by Gasteiger charge is 2.22. The lowest BCUT2D eigenvalue weighted by Gasteiger charge is -2.09. The van der Waals surface area contributed by atoms with Crippen LogP contribution in [0.1, 0.15) is 30.9 Å². The van der Waals surface area contributed by atoms with Gasteiger partial charge in [0.2, 0.25) is 0 Å². The third kappa shape index (κ3) is 3.44. The van der Waals surface area contributed by atoms with Gasteiger partial charge < -0.3 is 14.8 Å². The second-order valence-electron chi connectivity index (χ2n) is 7.09. The van der Waals surface area contributed by atoms with Gasteiger partial charge in [0, 0.05) is 23.7 Å². The van der Waals surface area contributed by atoms with Crippen LogP contribution in [0.2, 0.25) is 0 Å². The molecule has 4 rings (SSSR count). The first kappa shape index (κ1) is 18.4. The van der Waals surface area contributed by atoms with Gasteiger partial charge in [-0.05, 0) is 55.5 Å². The van der Waals surface area contributed by atoms with Gasteiger partial charge in [-0.3, -0.25) is 0 Å². The summed E-state index contributed by atoms with van der Waals surface area (Å²) in [7, 11) is 3.35. The van der Waals surface area contributed by atoms with Crippen molar-refractivity contribution in [2.24, 2.45) is 0 Å². The van der Waals surface area contributed by atoms with E-state index in [0.29, 0.717) is 0 Å². The summed E-state index contributed by atoms with van der Waals surface area (Å²) in [5.74, 6) is 2.64. The summed E-state index contributed by atoms with van der Waals surface area (Å²) in [6, 6.07) is 14.6. The molecule has 1 N–H and O–H groups in total. The predicted molar refractivity (Wildman–Crippen MR) is 113 cm³/mol. The van der Waals surface area contributed by atoms with Gasteiger partial charge in [-0.1, -0.05) is 19.1 Å². The molecule has 2 heterocycles. The standard InChI is InChI=1S/C23H27N3O2/c1-4-16-8-10-18(11-9-16)26-23-21(7-5-6-12-24-23)22(25-26)17-13-19(27-2)15-20(14-17)28-3/h8-11,13-15,24H,4-7,12H2,1-3H3. The summed E-state index contributed by atoms with van der Waals surface area (Å²) in [5.41, 5.74) is 5.66. The quantitative estimate of drug-likeness (QED) is 0.689. The van der Waals surface area contributed by atoms with E-state index in [1.165, 1.54) is 11.1 Å². The Balaban J connectivity index is 1.87. The van der Waals surface area contributed by atoms with E-state index in [1.807, 2.05) is 22.9 Å². The number of anilines is 1. The zero-order valence-corrected chi connectivity index (χ0v) is 16.8. The van der Waals surface area contributed by atoms with Crippen molar-refractivity contribution in [1.82, 2.24) is 9.78 Å². The van der Waals surface area contributed by atoms with Crippen LogP contribution in [0, 0.1) is 0 Å². The molecule has 5 heteroatoms. The topological polar surface area (TPSA) is 48.3 Å². The van der Waals surface area contributed by atoms with Crippen LogP contribution in [-0.4, -0.2) is 30.5 Å². The number of benzene rings is 2. The van der Waals surface area contributed by atoms with E-state index in [1.54, 1.807) is 14.2 Å². The summed E-state index contributed by atoms with van der Waals surface area (Å²) < 4.78 is 13.0. The zero-order chi connectivity index (χ0) is 19.5. The number of aromatic nitrogens is 2. The highest BCUT2D eigenvalue weighted by atomic mass is 16.5. The Kier molecular flexibility index (Phi) is 5.24. The van der Waals surface area contributed by atoms with Crippen molar-refractivity contribution < 1.29 is 9.47 Å². The molecule has 1 aromatic heterocycles. The van der Waals surface area contributed by atoms with E-state index in [9.17, 15) is 0 Å². The largest absolute Gasteiger partial charge is 0.497 e. The number of rotatable bonds is 5. The average Bonchev–Trinajstić information content (AvgIpc) is 2.94. The molecule has 3 aromatic rings. The number of nitrogens with zero attached hydrogens (tertiary/aromatic N) is 2. The van der Waals surface area contributed by atoms with Gasteiger partial charge in [-0.25, -0.2) is 4.68 Å². The lowest BCUT2D eigenvalue weighted by molar-refractivity contribution is 0.394. The molecular formula is C23H27N3O2. The molecule has 0 saturated carbocycles. The van der Waals surface area contributed by atoms with Crippen molar-refractivity contribution in [3.05, 3.63) is 53.6 Å². The molecule has 0 fully saturated rings. The minimum absolute atomic E-state index is 0.770. The van der Waals surface area contributed by atoms with Gasteiger partial charge in [0.15, 0.2) is 0 Å². The molecular weight excluding hydrogens is 350 g/mol. The first-order valence-corrected chi connectivity index (χ1v) is 9.92. The molecule has 0 saturated heterocycles. The summed E-state index contributed by atoms with van der Waals surface area (Å²) in [5, 5.41) is 8.63. The normalized spacial score (nSPS) is 13.4. The molecule has 0 atom stereocenters. The summed E-state index contributed by atoms with van der Waals surface area (Å²) in [6.07, 6.45) is 4.34. The van der Waals surface area contributed by atoms with Crippen molar-refractivity contribution in [1.29, 1.82) is 0 Å². The van der Waals surface area contributed by atoms with Crippen molar-refractivity contribution >= 4 is 5.82 Å². The Labute approximate surface area is 166 Å². The zero-order valence-electron chi connectivity index (χ0n) is 16.8. The minimum Gasteiger partial charge on any atom is -0.497 e. The van der Waals surface area contributed by atoms with Crippen LogP contribution in [-0.2, 0) is 12.8 Å². The number of hydrogen-bond donors (Lipinski definition) is 1. The predicted octanol–water partition coefficient (Wildman–Crippen LogP) is 4.87. The number of aryl methyl sites for hydroxylation is 1. The maximum atomic E-state index is 5.47. The summed E-state index contributed by atoms with van der Waals surface area (Å²) in [4.78, 5) is 0. The van der Waals surface area contributed by atoms with Crippen molar-refractivity contribution in [3.63, 3.8) is 0 Å². The van der Waals surface area contributed by atoms with Crippen LogP contribution in [0.3, 0.4) is 0 Å². The number of methoxy groups -OCH3 is 2. The molecule has 0 amide bonds. The van der Waals surface area contributed by atoms with Crippen molar-refractivity contribution in [2.75, 3.05) is 26.1 Å². The average molecular weight is 377 g/mol. The maximum Gasteiger partial charge on any atom is 0.133 e. The van der Waals surface area contributed by atoms with E-state index < -0.39 is 0 Å². The molecule has 0 unspecified atom stereocenters. The third-order valence-electron chi connectivity index (χ3n) is 5.34. The molecule has 5 nitrogen and oxygen atoms in total. The molecule has 1 aliphatic rings. The summed E-state index contributed by atoms with van der Waals surface area (Å²) in [6.45, 7) is 3.14. The van der Waals surface area contributed by atoms with Gasteiger partial charge in [0.1, 0.15) is 17.3 Å². The van der Waals surface area contributed by atoms with E-state index in [0.717, 1.165) is 66.5 Å². The first-order chi connectivity index (χ1) is 13.7. The Hall–Kier alpha value is -2.95. The van der Waals surface area contributed by atoms with Gasteiger partial charge in [0.05, 0.1) is 25.6 Å². The Morgan fingerprint density at radius 2 is 1.71 bits per heavy atom. The number of hydrogen-bond acceptors (Lipinski definition) is 4. The third-order valence-corrected chi connectivity index (χ3v) is 5.34. The van der Waals surface area contributed by atoms with Gasteiger partial charge in [-0.2, -0.15) is 5.10 Å². The lowest BCUT2D eigenvalue weighted by atomic mass is 10.0. The van der Waals surface area contributed by atoms with E-state index >= 15 is 0 Å². The number of fused-ring (bicyclic) bond motifs is 1. The SMILES string of the molecule is CCc1ccc(-n2nc(-c3cc(OC)cc(OC)c3)c3c2NCCCC3)cc1. The van der Waals surface area contributed by atoms with E-state index in [2.05, 4.69) is 36.5 Å². The minimum atomic E-state index is 0.770. The molecule has 0 bridgehead atoms. The van der Waals surface area contributed by atoms with Gasteiger partial charge >= 0.3 is 0 Å². The molecule has 0 aliphatic carbocycles. The second kappa shape index (κ2) is 7.97. The van der Waals surface area contributed by atoms with Crippen molar-refractivity contribution in [3.8, 4) is 28.4 Å². The highest BCUT2D eigenvalue weighted by molar-refractivity contribution is 5.73. The van der Waals surface area contributed by atoms with Crippen LogP contribution < -0.4 is 14.8 Å². The van der Waals surface area contributed by atoms with Gasteiger partial charge in [-0.15, -0.1) is 0 Å². The van der Waals surface area contributed by atoms with E-state index in [-0.39, 0.29) is 0 Å². The van der Waals surface area contributed by atoms with Crippen LogP contribution in [0.15, 0.2) is 42.5 Å². The number of nitrogens with one attached hydrogen (secondary N) is 1. The van der Waals surface area contributed by atoms with Crippen LogP contribution in [0.25, 0.3) is 16.9 Å². The molecule has 0 spiro atoms. The Morgan fingerprint density at radius 3 is 2.36 bits per heavy atom. The fraction of sp³-hybridized carbons (Fsp3) is 0.348. The Morgan fingerprint density at radius 1 is 1.00 bits per heavy atom. The Bertz CT molecular complexity index is 938. The lowest BCUT2D eigenvalue weighted by Crippen LogP contribution is -2.07.